The second-order valence-corrected chi connectivity index (χ2v) is 5.92. The molecule has 0 aliphatic carbocycles. The number of halogens is 1. The molecule has 3 rings (SSSR count). The normalized spacial score (nSPS) is 17.1. The van der Waals surface area contributed by atoms with E-state index in [0.29, 0.717) is 18.7 Å². The Morgan fingerprint density at radius 3 is 2.95 bits per heavy atom. The number of nitrogens with one attached hydrogen (secondary N) is 1. The van der Waals surface area contributed by atoms with Crippen molar-refractivity contribution in [3.8, 4) is 0 Å². The van der Waals surface area contributed by atoms with Crippen molar-refractivity contribution < 1.29 is 9.53 Å². The van der Waals surface area contributed by atoms with Gasteiger partial charge in [0.1, 0.15) is 0 Å². The van der Waals surface area contributed by atoms with Crippen molar-refractivity contribution >= 4 is 21.8 Å². The van der Waals surface area contributed by atoms with Gasteiger partial charge in [-0.3, -0.25) is 9.78 Å². The van der Waals surface area contributed by atoms with Gasteiger partial charge >= 0.3 is 0 Å². The zero-order valence-electron chi connectivity index (χ0n) is 11.4. The van der Waals surface area contributed by atoms with Crippen molar-refractivity contribution in [1.29, 1.82) is 0 Å². The van der Waals surface area contributed by atoms with Crippen LogP contribution < -0.4 is 5.32 Å². The molecule has 2 aromatic rings. The van der Waals surface area contributed by atoms with Gasteiger partial charge in [0.2, 0.25) is 0 Å². The number of hydrogen-bond donors (Lipinski definition) is 1. The first-order valence-corrected chi connectivity index (χ1v) is 7.59. The lowest BCUT2D eigenvalue weighted by Gasteiger charge is -2.25. The maximum Gasteiger partial charge on any atom is 0.252 e. The molecular formula is C16H15BrN2O2. The average Bonchev–Trinajstić information content (AvgIpc) is 2.52. The molecular weight excluding hydrogens is 332 g/mol. The molecule has 1 atom stereocenters. The summed E-state index contributed by atoms with van der Waals surface area (Å²) >= 11 is 3.31. The number of carbonyl (C=O) groups is 1. The summed E-state index contributed by atoms with van der Waals surface area (Å²) in [4.78, 5) is 16.0. The molecule has 4 nitrogen and oxygen atoms in total. The maximum absolute atomic E-state index is 12.1. The molecule has 1 amide bonds. The second kappa shape index (κ2) is 6.37. The third-order valence-corrected chi connectivity index (χ3v) is 3.93. The highest BCUT2D eigenvalue weighted by Gasteiger charge is 2.19. The van der Waals surface area contributed by atoms with Gasteiger partial charge in [-0.2, -0.15) is 0 Å². The lowest BCUT2D eigenvalue weighted by molar-refractivity contribution is 0.0285. The van der Waals surface area contributed by atoms with Gasteiger partial charge < -0.3 is 10.1 Å². The molecule has 1 unspecified atom stereocenters. The SMILES string of the molecule is O=C(NCC1Cc2ccccc2CO1)c1cncc(Br)c1. The van der Waals surface area contributed by atoms with Crippen molar-refractivity contribution in [3.05, 3.63) is 63.9 Å². The van der Waals surface area contributed by atoms with Crippen molar-refractivity contribution in [2.45, 2.75) is 19.1 Å². The molecule has 0 fully saturated rings. The van der Waals surface area contributed by atoms with Crippen LogP contribution in [0.3, 0.4) is 0 Å². The van der Waals surface area contributed by atoms with E-state index >= 15 is 0 Å². The minimum absolute atomic E-state index is 0.0176. The van der Waals surface area contributed by atoms with E-state index < -0.39 is 0 Å². The van der Waals surface area contributed by atoms with Crippen molar-refractivity contribution in [2.75, 3.05) is 6.54 Å². The topological polar surface area (TPSA) is 51.2 Å². The predicted octanol–water partition coefficient (Wildman–Crippen LogP) is 2.72. The van der Waals surface area contributed by atoms with Gasteiger partial charge in [-0.1, -0.05) is 24.3 Å². The van der Waals surface area contributed by atoms with E-state index in [1.807, 2.05) is 12.1 Å². The third-order valence-electron chi connectivity index (χ3n) is 3.50. The third kappa shape index (κ3) is 3.49. The highest BCUT2D eigenvalue weighted by Crippen LogP contribution is 2.20. The molecule has 1 aromatic heterocycles. The molecule has 1 aliphatic heterocycles. The van der Waals surface area contributed by atoms with Gasteiger partial charge in [0.25, 0.3) is 5.91 Å². The van der Waals surface area contributed by atoms with Gasteiger partial charge in [0.15, 0.2) is 0 Å². The van der Waals surface area contributed by atoms with Crippen LogP contribution in [0.2, 0.25) is 0 Å². The minimum Gasteiger partial charge on any atom is -0.371 e. The van der Waals surface area contributed by atoms with Gasteiger partial charge in [-0.25, -0.2) is 0 Å². The van der Waals surface area contributed by atoms with Crippen LogP contribution in [-0.4, -0.2) is 23.5 Å². The summed E-state index contributed by atoms with van der Waals surface area (Å²) in [6.07, 6.45) is 4.05. The van der Waals surface area contributed by atoms with Crippen LogP contribution in [0.5, 0.6) is 0 Å². The van der Waals surface area contributed by atoms with Crippen molar-refractivity contribution in [1.82, 2.24) is 10.3 Å². The Kier molecular flexibility index (Phi) is 4.31. The maximum atomic E-state index is 12.1. The number of hydrogen-bond acceptors (Lipinski definition) is 3. The number of rotatable bonds is 3. The number of ether oxygens (including phenoxy) is 1. The van der Waals surface area contributed by atoms with Gasteiger partial charge in [0, 0.05) is 29.8 Å². The highest BCUT2D eigenvalue weighted by atomic mass is 79.9. The van der Waals surface area contributed by atoms with Crippen molar-refractivity contribution in [3.63, 3.8) is 0 Å². The number of aromatic nitrogens is 1. The first kappa shape index (κ1) is 14.2. The zero-order valence-corrected chi connectivity index (χ0v) is 13.0. The first-order valence-electron chi connectivity index (χ1n) is 6.79. The van der Waals surface area contributed by atoms with E-state index in [-0.39, 0.29) is 12.0 Å². The van der Waals surface area contributed by atoms with Crippen LogP contribution in [0.15, 0.2) is 47.2 Å². The summed E-state index contributed by atoms with van der Waals surface area (Å²) in [5, 5.41) is 2.90. The molecule has 0 radical (unpaired) electrons. The van der Waals surface area contributed by atoms with E-state index in [4.69, 9.17) is 4.74 Å². The minimum atomic E-state index is -0.133. The highest BCUT2D eigenvalue weighted by molar-refractivity contribution is 9.10. The Balaban J connectivity index is 1.58. The monoisotopic (exact) mass is 346 g/mol. The van der Waals surface area contributed by atoms with Gasteiger partial charge in [0.05, 0.1) is 18.3 Å². The Labute approximate surface area is 131 Å². The van der Waals surface area contributed by atoms with E-state index in [0.717, 1.165) is 10.9 Å². The van der Waals surface area contributed by atoms with Crippen LogP contribution >= 0.6 is 15.9 Å². The number of amides is 1. The fourth-order valence-corrected chi connectivity index (χ4v) is 2.75. The Hall–Kier alpha value is -1.72. The smallest absolute Gasteiger partial charge is 0.252 e. The molecule has 2 heterocycles. The molecule has 108 valence electrons. The van der Waals surface area contributed by atoms with Gasteiger partial charge in [-0.15, -0.1) is 0 Å². The molecule has 1 aromatic carbocycles. The second-order valence-electron chi connectivity index (χ2n) is 5.01. The van der Waals surface area contributed by atoms with Gasteiger partial charge in [-0.05, 0) is 33.1 Å². The summed E-state index contributed by atoms with van der Waals surface area (Å²) in [5.41, 5.74) is 3.07. The van der Waals surface area contributed by atoms with E-state index in [1.165, 1.54) is 11.1 Å². The number of fused-ring (bicyclic) bond motifs is 1. The molecule has 0 spiro atoms. The summed E-state index contributed by atoms with van der Waals surface area (Å²) < 4.78 is 6.56. The zero-order chi connectivity index (χ0) is 14.7. The average molecular weight is 347 g/mol. The van der Waals surface area contributed by atoms with Crippen LogP contribution in [0.4, 0.5) is 0 Å². The Morgan fingerprint density at radius 1 is 1.33 bits per heavy atom. The summed E-state index contributed by atoms with van der Waals surface area (Å²) in [7, 11) is 0. The first-order chi connectivity index (χ1) is 10.2. The van der Waals surface area contributed by atoms with Crippen LogP contribution in [0.25, 0.3) is 0 Å². The quantitative estimate of drug-likeness (QED) is 0.929. The lowest BCUT2D eigenvalue weighted by Crippen LogP contribution is -2.36. The number of benzene rings is 1. The lowest BCUT2D eigenvalue weighted by atomic mass is 9.99. The Morgan fingerprint density at radius 2 is 2.14 bits per heavy atom. The molecule has 1 N–H and O–H groups in total. The molecule has 0 bridgehead atoms. The molecule has 5 heteroatoms. The number of pyridine rings is 1. The van der Waals surface area contributed by atoms with E-state index in [9.17, 15) is 4.79 Å². The number of carbonyl (C=O) groups excluding carboxylic acids is 1. The summed E-state index contributed by atoms with van der Waals surface area (Å²) in [5.74, 6) is -0.133. The summed E-state index contributed by atoms with van der Waals surface area (Å²) in [6, 6.07) is 10.00. The molecule has 1 aliphatic rings. The molecule has 21 heavy (non-hydrogen) atoms. The fourth-order valence-electron chi connectivity index (χ4n) is 2.39. The van der Waals surface area contributed by atoms with E-state index in [1.54, 1.807) is 18.5 Å². The fraction of sp³-hybridized carbons (Fsp3) is 0.250. The molecule has 0 saturated carbocycles. The standard InChI is InChI=1S/C16H15BrN2O2/c17-14-5-13(7-18-8-14)16(20)19-9-15-6-11-3-1-2-4-12(11)10-21-15/h1-5,7-8,15H,6,9-10H2,(H,19,20). The number of nitrogens with zero attached hydrogens (tertiary/aromatic N) is 1. The van der Waals surface area contributed by atoms with E-state index in [2.05, 4.69) is 38.4 Å². The Bertz CT molecular complexity index is 660. The van der Waals surface area contributed by atoms with Crippen LogP contribution in [0, 0.1) is 0 Å². The van der Waals surface area contributed by atoms with Crippen LogP contribution in [-0.2, 0) is 17.8 Å². The van der Waals surface area contributed by atoms with Crippen LogP contribution in [0.1, 0.15) is 21.5 Å². The predicted molar refractivity (Wildman–Crippen MR) is 83.0 cm³/mol. The van der Waals surface area contributed by atoms with Crippen molar-refractivity contribution in [2.24, 2.45) is 0 Å². The molecule has 0 saturated heterocycles. The summed E-state index contributed by atoms with van der Waals surface area (Å²) in [6.45, 7) is 1.11. The largest absolute Gasteiger partial charge is 0.371 e.